The lowest BCUT2D eigenvalue weighted by molar-refractivity contribution is -0.384. The van der Waals surface area contributed by atoms with Gasteiger partial charge in [0.2, 0.25) is 5.91 Å². The van der Waals surface area contributed by atoms with Crippen molar-refractivity contribution in [3.8, 4) is 5.75 Å². The molecule has 0 saturated heterocycles. The number of fused-ring (bicyclic) bond motifs is 1. The zero-order chi connectivity index (χ0) is 20.4. The van der Waals surface area contributed by atoms with E-state index in [0.29, 0.717) is 11.4 Å². The fraction of sp³-hybridized carbons (Fsp3) is 0.300. The molecule has 8 heteroatoms. The first-order valence-corrected chi connectivity index (χ1v) is 8.93. The van der Waals surface area contributed by atoms with E-state index in [-0.39, 0.29) is 17.3 Å². The van der Waals surface area contributed by atoms with Crippen molar-refractivity contribution < 1.29 is 19.2 Å². The second-order valence-electron chi connectivity index (χ2n) is 6.93. The molecule has 1 N–H and O–H groups in total. The predicted octanol–water partition coefficient (Wildman–Crippen LogP) is 3.37. The van der Waals surface area contributed by atoms with Gasteiger partial charge in [-0.2, -0.15) is 0 Å². The molecule has 2 aromatic rings. The molecule has 0 fully saturated rings. The summed E-state index contributed by atoms with van der Waals surface area (Å²) in [5.41, 5.74) is 0.630. The van der Waals surface area contributed by atoms with Gasteiger partial charge in [0.15, 0.2) is 6.10 Å². The van der Waals surface area contributed by atoms with E-state index in [1.54, 1.807) is 31.2 Å². The standard InChI is InChI=1S/C20H21N3O5/c1-12(2)18-20(25)22(13(3)19(24)21-14-7-5-4-6-8-14)16-11-15(23(26)27)9-10-17(16)28-18/h4-13,18H,1-3H3,(H,21,24). The molecule has 146 valence electrons. The molecule has 1 aliphatic rings. The van der Waals surface area contributed by atoms with Crippen LogP contribution in [-0.2, 0) is 9.59 Å². The van der Waals surface area contributed by atoms with Crippen LogP contribution in [0.15, 0.2) is 48.5 Å². The molecule has 2 atom stereocenters. The van der Waals surface area contributed by atoms with E-state index >= 15 is 0 Å². The number of carbonyl (C=O) groups is 2. The SMILES string of the molecule is CC(C)C1Oc2ccc([N+](=O)[O-])cc2N(C(C)C(=O)Nc2ccccc2)C1=O. The van der Waals surface area contributed by atoms with Gasteiger partial charge in [-0.05, 0) is 31.0 Å². The van der Waals surface area contributed by atoms with E-state index in [1.165, 1.54) is 23.1 Å². The molecule has 0 spiro atoms. The highest BCUT2D eigenvalue weighted by Crippen LogP contribution is 2.39. The molecule has 0 saturated carbocycles. The van der Waals surface area contributed by atoms with Crippen LogP contribution in [0.4, 0.5) is 17.1 Å². The number of anilines is 2. The fourth-order valence-corrected chi connectivity index (χ4v) is 3.06. The number of para-hydroxylation sites is 1. The number of ether oxygens (including phenoxy) is 1. The van der Waals surface area contributed by atoms with Crippen molar-refractivity contribution in [2.75, 3.05) is 10.2 Å². The molecule has 0 aromatic heterocycles. The normalized spacial score (nSPS) is 16.9. The van der Waals surface area contributed by atoms with Gasteiger partial charge in [0.25, 0.3) is 11.6 Å². The Bertz CT molecular complexity index is 913. The molecule has 0 radical (unpaired) electrons. The van der Waals surface area contributed by atoms with Crippen molar-refractivity contribution >= 4 is 28.9 Å². The van der Waals surface area contributed by atoms with Gasteiger partial charge in [0.05, 0.1) is 10.6 Å². The Hall–Kier alpha value is -3.42. The molecule has 1 aliphatic heterocycles. The number of nitrogens with one attached hydrogen (secondary N) is 1. The third-order valence-corrected chi connectivity index (χ3v) is 4.56. The first-order chi connectivity index (χ1) is 13.3. The molecule has 2 amide bonds. The van der Waals surface area contributed by atoms with Crippen LogP contribution in [0, 0.1) is 16.0 Å². The third-order valence-electron chi connectivity index (χ3n) is 4.56. The second kappa shape index (κ2) is 7.67. The fourth-order valence-electron chi connectivity index (χ4n) is 3.06. The summed E-state index contributed by atoms with van der Waals surface area (Å²) in [6, 6.07) is 12.0. The molecule has 1 heterocycles. The van der Waals surface area contributed by atoms with Crippen molar-refractivity contribution in [3.63, 3.8) is 0 Å². The Kier molecular flexibility index (Phi) is 5.30. The minimum atomic E-state index is -0.890. The van der Waals surface area contributed by atoms with Gasteiger partial charge in [-0.15, -0.1) is 0 Å². The monoisotopic (exact) mass is 383 g/mol. The minimum absolute atomic E-state index is 0.136. The summed E-state index contributed by atoms with van der Waals surface area (Å²) in [4.78, 5) is 37.8. The average Bonchev–Trinajstić information content (AvgIpc) is 2.67. The van der Waals surface area contributed by atoms with Crippen molar-refractivity contribution in [3.05, 3.63) is 58.6 Å². The van der Waals surface area contributed by atoms with Crippen molar-refractivity contribution in [1.82, 2.24) is 0 Å². The summed E-state index contributed by atoms with van der Waals surface area (Å²) >= 11 is 0. The number of hydrogen-bond acceptors (Lipinski definition) is 5. The first kappa shape index (κ1) is 19.3. The molecule has 3 rings (SSSR count). The largest absolute Gasteiger partial charge is 0.478 e. The van der Waals surface area contributed by atoms with E-state index in [0.717, 1.165) is 0 Å². The number of hydrogen-bond donors (Lipinski definition) is 1. The van der Waals surface area contributed by atoms with Gasteiger partial charge in [-0.1, -0.05) is 32.0 Å². The Morgan fingerprint density at radius 2 is 1.86 bits per heavy atom. The Balaban J connectivity index is 1.99. The lowest BCUT2D eigenvalue weighted by Crippen LogP contribution is -2.55. The maximum absolute atomic E-state index is 13.1. The second-order valence-corrected chi connectivity index (χ2v) is 6.93. The zero-order valence-electron chi connectivity index (χ0n) is 15.8. The highest BCUT2D eigenvalue weighted by atomic mass is 16.6. The summed E-state index contributed by atoms with van der Waals surface area (Å²) in [5, 5.41) is 13.9. The summed E-state index contributed by atoms with van der Waals surface area (Å²) in [5.74, 6) is -0.605. The van der Waals surface area contributed by atoms with Crippen LogP contribution in [0.5, 0.6) is 5.75 Å². The topological polar surface area (TPSA) is 102 Å². The average molecular weight is 383 g/mol. The first-order valence-electron chi connectivity index (χ1n) is 8.93. The number of amides is 2. The Morgan fingerprint density at radius 1 is 1.18 bits per heavy atom. The molecule has 2 unspecified atom stereocenters. The smallest absolute Gasteiger partial charge is 0.271 e. The number of carbonyl (C=O) groups excluding carboxylic acids is 2. The van der Waals surface area contributed by atoms with Crippen molar-refractivity contribution in [1.29, 1.82) is 0 Å². The molecule has 0 aliphatic carbocycles. The van der Waals surface area contributed by atoms with E-state index in [9.17, 15) is 19.7 Å². The van der Waals surface area contributed by atoms with E-state index < -0.39 is 28.9 Å². The highest BCUT2D eigenvalue weighted by molar-refractivity contribution is 6.08. The summed E-state index contributed by atoms with van der Waals surface area (Å²) in [6.45, 7) is 5.26. The lowest BCUT2D eigenvalue weighted by atomic mass is 10.0. The number of nitro benzene ring substituents is 1. The zero-order valence-corrected chi connectivity index (χ0v) is 15.8. The predicted molar refractivity (Wildman–Crippen MR) is 104 cm³/mol. The number of rotatable bonds is 5. The number of benzene rings is 2. The van der Waals surface area contributed by atoms with Gasteiger partial charge in [0, 0.05) is 17.8 Å². The van der Waals surface area contributed by atoms with Crippen LogP contribution < -0.4 is 15.0 Å². The Labute approximate surface area is 162 Å². The van der Waals surface area contributed by atoms with Crippen LogP contribution in [-0.4, -0.2) is 28.9 Å². The van der Waals surface area contributed by atoms with Crippen molar-refractivity contribution in [2.45, 2.75) is 32.9 Å². The molecular weight excluding hydrogens is 362 g/mol. The van der Waals surface area contributed by atoms with Gasteiger partial charge >= 0.3 is 0 Å². The molecule has 0 bridgehead atoms. The minimum Gasteiger partial charge on any atom is -0.478 e. The lowest BCUT2D eigenvalue weighted by Gasteiger charge is -2.38. The molecule has 2 aromatic carbocycles. The summed E-state index contributed by atoms with van der Waals surface area (Å²) in [7, 11) is 0. The number of nitrogens with zero attached hydrogens (tertiary/aromatic N) is 2. The molecular formula is C20H21N3O5. The van der Waals surface area contributed by atoms with Crippen LogP contribution in [0.2, 0.25) is 0 Å². The van der Waals surface area contributed by atoms with E-state index in [2.05, 4.69) is 5.32 Å². The van der Waals surface area contributed by atoms with Gasteiger partial charge in [-0.3, -0.25) is 24.6 Å². The van der Waals surface area contributed by atoms with Gasteiger partial charge < -0.3 is 10.1 Å². The number of nitro groups is 1. The summed E-state index contributed by atoms with van der Waals surface area (Å²) in [6.07, 6.45) is -0.777. The summed E-state index contributed by atoms with van der Waals surface area (Å²) < 4.78 is 5.77. The van der Waals surface area contributed by atoms with Crippen LogP contribution in [0.3, 0.4) is 0 Å². The maximum atomic E-state index is 13.1. The quantitative estimate of drug-likeness (QED) is 0.630. The van der Waals surface area contributed by atoms with Crippen LogP contribution in [0.1, 0.15) is 20.8 Å². The Morgan fingerprint density at radius 3 is 2.46 bits per heavy atom. The van der Waals surface area contributed by atoms with Crippen LogP contribution in [0.25, 0.3) is 0 Å². The van der Waals surface area contributed by atoms with Gasteiger partial charge in [0.1, 0.15) is 11.8 Å². The van der Waals surface area contributed by atoms with Crippen molar-refractivity contribution in [2.24, 2.45) is 5.92 Å². The molecule has 8 nitrogen and oxygen atoms in total. The molecule has 28 heavy (non-hydrogen) atoms. The van der Waals surface area contributed by atoms with E-state index in [1.807, 2.05) is 19.9 Å². The third kappa shape index (κ3) is 3.66. The van der Waals surface area contributed by atoms with Crippen LogP contribution >= 0.6 is 0 Å². The highest BCUT2D eigenvalue weighted by Gasteiger charge is 2.41. The van der Waals surface area contributed by atoms with Gasteiger partial charge in [-0.25, -0.2) is 0 Å². The maximum Gasteiger partial charge on any atom is 0.271 e. The van der Waals surface area contributed by atoms with E-state index in [4.69, 9.17) is 4.74 Å². The number of non-ortho nitro benzene ring substituents is 1.